The Kier molecular flexibility index (Phi) is 3.82. The number of aromatic nitrogens is 2. The second-order valence-corrected chi connectivity index (χ2v) is 7.04. The molecular formula is C20H20N8. The molecule has 1 spiro atoms. The van der Waals surface area contributed by atoms with Crippen LogP contribution in [0.4, 0.5) is 17.5 Å². The van der Waals surface area contributed by atoms with Crippen LogP contribution in [-0.2, 0) is 0 Å². The molecule has 28 heavy (non-hydrogen) atoms. The van der Waals surface area contributed by atoms with Crippen LogP contribution in [0.15, 0.2) is 70.2 Å². The number of benzene rings is 1. The van der Waals surface area contributed by atoms with Crippen molar-refractivity contribution in [1.82, 2.24) is 15.4 Å². The maximum atomic E-state index is 5.29. The van der Waals surface area contributed by atoms with E-state index in [9.17, 15) is 0 Å². The lowest BCUT2D eigenvalue weighted by molar-refractivity contribution is 0.536. The number of rotatable bonds is 5. The van der Waals surface area contributed by atoms with Gasteiger partial charge in [0.15, 0.2) is 0 Å². The van der Waals surface area contributed by atoms with Gasteiger partial charge < -0.3 is 16.5 Å². The van der Waals surface area contributed by atoms with Crippen LogP contribution in [0.3, 0.4) is 0 Å². The Morgan fingerprint density at radius 2 is 2.18 bits per heavy atom. The molecule has 0 radical (unpaired) electrons. The zero-order chi connectivity index (χ0) is 19.0. The van der Waals surface area contributed by atoms with Crippen molar-refractivity contribution in [2.75, 3.05) is 10.6 Å². The Morgan fingerprint density at radius 3 is 3.11 bits per heavy atom. The third kappa shape index (κ3) is 2.79. The first kappa shape index (κ1) is 16.5. The van der Waals surface area contributed by atoms with Gasteiger partial charge in [-0.15, -0.1) is 0 Å². The van der Waals surface area contributed by atoms with Crippen LogP contribution in [0.1, 0.15) is 18.4 Å². The molecule has 1 aromatic heterocycles. The highest BCUT2D eigenvalue weighted by Crippen LogP contribution is 2.55. The van der Waals surface area contributed by atoms with Gasteiger partial charge in [0, 0.05) is 41.7 Å². The van der Waals surface area contributed by atoms with Gasteiger partial charge in [-0.3, -0.25) is 5.43 Å². The number of allylic oxidation sites excluding steroid dienone is 1. The number of para-hydroxylation sites is 1. The standard InChI is InChI=1S/C20H20N8/c21-23-12-13-3-1-2-4-16(13)26-19-22-9-8-18(27-19)25-17-6-5-14-11-20(14)15(17)7-10-24-28-20/h1-6,8-10,12,14,28H,7,11,21H2,(H2,22,25,26,27)/b23-12-. The van der Waals surface area contributed by atoms with Gasteiger partial charge in [0.2, 0.25) is 5.95 Å². The average molecular weight is 372 g/mol. The van der Waals surface area contributed by atoms with E-state index in [1.807, 2.05) is 36.5 Å². The molecular weight excluding hydrogens is 352 g/mol. The minimum Gasteiger partial charge on any atom is -0.340 e. The van der Waals surface area contributed by atoms with Gasteiger partial charge >= 0.3 is 0 Å². The number of hydrogen-bond donors (Lipinski definition) is 4. The van der Waals surface area contributed by atoms with Gasteiger partial charge in [-0.05, 0) is 30.2 Å². The van der Waals surface area contributed by atoms with Gasteiger partial charge in [-0.2, -0.15) is 15.2 Å². The maximum absolute atomic E-state index is 5.29. The molecule has 1 saturated carbocycles. The van der Waals surface area contributed by atoms with Crippen molar-refractivity contribution in [3.05, 3.63) is 65.5 Å². The molecule has 8 heteroatoms. The number of anilines is 3. The predicted octanol–water partition coefficient (Wildman–Crippen LogP) is 2.49. The summed E-state index contributed by atoms with van der Waals surface area (Å²) in [6, 6.07) is 9.56. The summed E-state index contributed by atoms with van der Waals surface area (Å²) in [6.45, 7) is 0. The lowest BCUT2D eigenvalue weighted by atomic mass is 9.92. The molecule has 0 amide bonds. The van der Waals surface area contributed by atoms with Crippen LogP contribution in [0.2, 0.25) is 0 Å². The highest BCUT2D eigenvalue weighted by Gasteiger charge is 2.58. The van der Waals surface area contributed by atoms with E-state index >= 15 is 0 Å². The Labute approximate surface area is 162 Å². The van der Waals surface area contributed by atoms with Crippen LogP contribution >= 0.6 is 0 Å². The lowest BCUT2D eigenvalue weighted by Gasteiger charge is -2.28. The first-order chi connectivity index (χ1) is 13.8. The van der Waals surface area contributed by atoms with Crippen LogP contribution in [0.5, 0.6) is 0 Å². The van der Waals surface area contributed by atoms with E-state index in [-0.39, 0.29) is 5.54 Å². The van der Waals surface area contributed by atoms with Crippen LogP contribution in [0.25, 0.3) is 0 Å². The van der Waals surface area contributed by atoms with E-state index in [0.717, 1.165) is 35.6 Å². The second kappa shape index (κ2) is 6.49. The van der Waals surface area contributed by atoms with E-state index in [1.54, 1.807) is 12.4 Å². The highest BCUT2D eigenvalue weighted by atomic mass is 15.4. The predicted molar refractivity (Wildman–Crippen MR) is 110 cm³/mol. The number of hydrazone groups is 2. The van der Waals surface area contributed by atoms with Gasteiger partial charge in [0.1, 0.15) is 5.82 Å². The van der Waals surface area contributed by atoms with Gasteiger partial charge in [0.25, 0.3) is 0 Å². The van der Waals surface area contributed by atoms with Crippen LogP contribution < -0.4 is 21.9 Å². The molecule has 1 aliphatic heterocycles. The fourth-order valence-corrected chi connectivity index (χ4v) is 3.87. The van der Waals surface area contributed by atoms with E-state index in [1.165, 1.54) is 5.57 Å². The summed E-state index contributed by atoms with van der Waals surface area (Å²) in [5.74, 6) is 7.05. The van der Waals surface area contributed by atoms with Gasteiger partial charge in [-0.25, -0.2) is 4.98 Å². The van der Waals surface area contributed by atoms with Crippen LogP contribution in [0, 0.1) is 5.92 Å². The second-order valence-electron chi connectivity index (χ2n) is 7.04. The van der Waals surface area contributed by atoms with Crippen molar-refractivity contribution in [3.63, 3.8) is 0 Å². The normalized spacial score (nSPS) is 24.5. The molecule has 2 aliphatic carbocycles. The first-order valence-corrected chi connectivity index (χ1v) is 9.18. The molecule has 5 N–H and O–H groups in total. The fourth-order valence-electron chi connectivity index (χ4n) is 3.87. The summed E-state index contributed by atoms with van der Waals surface area (Å²) < 4.78 is 0. The molecule has 2 atom stereocenters. The zero-order valence-corrected chi connectivity index (χ0v) is 15.1. The summed E-state index contributed by atoms with van der Waals surface area (Å²) in [6.07, 6.45) is 11.6. The number of nitrogens with zero attached hydrogens (tertiary/aromatic N) is 4. The quantitative estimate of drug-likeness (QED) is 0.364. The van der Waals surface area contributed by atoms with Crippen molar-refractivity contribution in [2.45, 2.75) is 18.4 Å². The molecule has 2 heterocycles. The average Bonchev–Trinajstić information content (AvgIpc) is 3.43. The van der Waals surface area contributed by atoms with Crippen LogP contribution in [-0.4, -0.2) is 27.9 Å². The van der Waals surface area contributed by atoms with Gasteiger partial charge in [-0.1, -0.05) is 24.3 Å². The van der Waals surface area contributed by atoms with Crippen molar-refractivity contribution in [1.29, 1.82) is 0 Å². The van der Waals surface area contributed by atoms with E-state index < -0.39 is 0 Å². The minimum absolute atomic E-state index is 0.000438. The summed E-state index contributed by atoms with van der Waals surface area (Å²) in [4.78, 5) is 8.93. The molecule has 0 saturated heterocycles. The van der Waals surface area contributed by atoms with Crippen molar-refractivity contribution >= 4 is 29.9 Å². The van der Waals surface area contributed by atoms with Gasteiger partial charge in [0.05, 0.1) is 11.8 Å². The highest BCUT2D eigenvalue weighted by molar-refractivity contribution is 5.88. The zero-order valence-electron chi connectivity index (χ0n) is 15.1. The smallest absolute Gasteiger partial charge is 0.229 e. The third-order valence-corrected chi connectivity index (χ3v) is 5.36. The molecule has 0 bridgehead atoms. The van der Waals surface area contributed by atoms with Crippen molar-refractivity contribution < 1.29 is 0 Å². The molecule has 5 rings (SSSR count). The topological polar surface area (TPSA) is 113 Å². The molecule has 2 aromatic rings. The van der Waals surface area contributed by atoms with E-state index in [2.05, 4.69) is 48.4 Å². The molecule has 8 nitrogen and oxygen atoms in total. The maximum Gasteiger partial charge on any atom is 0.229 e. The fraction of sp³-hybridized carbons (Fsp3) is 0.200. The van der Waals surface area contributed by atoms with E-state index in [4.69, 9.17) is 5.84 Å². The monoisotopic (exact) mass is 372 g/mol. The summed E-state index contributed by atoms with van der Waals surface area (Å²) in [5.41, 5.74) is 7.42. The number of nitrogens with one attached hydrogen (secondary N) is 3. The minimum atomic E-state index is 0.000438. The first-order valence-electron chi connectivity index (χ1n) is 9.18. The summed E-state index contributed by atoms with van der Waals surface area (Å²) in [5, 5.41) is 14.6. The van der Waals surface area contributed by atoms with Crippen molar-refractivity contribution in [3.8, 4) is 0 Å². The Hall–Kier alpha value is -3.68. The SMILES string of the molecule is N/N=C\c1ccccc1Nc1nccc(NC2=C3CC=NNC34CC4C=C2)n1. The Morgan fingerprint density at radius 1 is 1.25 bits per heavy atom. The summed E-state index contributed by atoms with van der Waals surface area (Å²) in [7, 11) is 0. The number of nitrogens with two attached hydrogens (primary N) is 1. The molecule has 1 aromatic carbocycles. The Balaban J connectivity index is 1.40. The number of hydrogen-bond acceptors (Lipinski definition) is 8. The Bertz CT molecular complexity index is 1040. The largest absolute Gasteiger partial charge is 0.340 e. The summed E-state index contributed by atoms with van der Waals surface area (Å²) >= 11 is 0. The molecule has 2 unspecified atom stereocenters. The van der Waals surface area contributed by atoms with Crippen molar-refractivity contribution in [2.24, 2.45) is 22.0 Å². The lowest BCUT2D eigenvalue weighted by Crippen LogP contribution is -2.37. The van der Waals surface area contributed by atoms with E-state index in [0.29, 0.717) is 11.9 Å². The molecule has 1 fully saturated rings. The molecule has 3 aliphatic rings. The molecule has 140 valence electrons. The third-order valence-electron chi connectivity index (χ3n) is 5.36.